The predicted molar refractivity (Wildman–Crippen MR) is 66.2 cm³/mol. The van der Waals surface area contributed by atoms with Crippen molar-refractivity contribution in [3.8, 4) is 0 Å². The number of amides is 1. The Kier molecular flexibility index (Phi) is 3.35. The van der Waals surface area contributed by atoms with Crippen molar-refractivity contribution >= 4 is 23.2 Å². The second-order valence-corrected chi connectivity index (χ2v) is 4.83. The molecule has 0 saturated carbocycles. The van der Waals surface area contributed by atoms with Crippen LogP contribution in [-0.4, -0.2) is 23.1 Å². The molecule has 17 heavy (non-hydrogen) atoms. The fourth-order valence-electron chi connectivity index (χ4n) is 1.85. The molecule has 5 heteroatoms. The van der Waals surface area contributed by atoms with E-state index in [1.165, 1.54) is 0 Å². The van der Waals surface area contributed by atoms with E-state index in [9.17, 15) is 4.79 Å². The van der Waals surface area contributed by atoms with E-state index in [1.807, 2.05) is 13.8 Å². The van der Waals surface area contributed by atoms with Crippen LogP contribution in [0.15, 0.2) is 12.3 Å². The van der Waals surface area contributed by atoms with Crippen molar-refractivity contribution in [3.05, 3.63) is 23.0 Å². The summed E-state index contributed by atoms with van der Waals surface area (Å²) in [6.07, 6.45) is 3.21. The zero-order valence-electron chi connectivity index (χ0n) is 9.92. The molecule has 1 aromatic heterocycles. The second kappa shape index (κ2) is 4.63. The maximum absolute atomic E-state index is 12.0. The molecule has 1 N–H and O–H groups in total. The van der Waals surface area contributed by atoms with Crippen LogP contribution in [0.1, 0.15) is 25.3 Å². The van der Waals surface area contributed by atoms with Crippen molar-refractivity contribution < 1.29 is 9.53 Å². The minimum atomic E-state index is -0.715. The number of carbonyl (C=O) groups excluding carboxylic acids is 1. The quantitative estimate of drug-likeness (QED) is 0.826. The lowest BCUT2D eigenvalue weighted by atomic mass is 10.0. The molecule has 1 saturated heterocycles. The Bertz CT molecular complexity index is 442. The second-order valence-electron chi connectivity index (χ2n) is 4.47. The van der Waals surface area contributed by atoms with Gasteiger partial charge in [0.1, 0.15) is 10.8 Å². The smallest absolute Gasteiger partial charge is 0.256 e. The number of halogens is 1. The lowest BCUT2D eigenvalue weighted by Gasteiger charge is -2.21. The van der Waals surface area contributed by atoms with Gasteiger partial charge in [-0.15, -0.1) is 0 Å². The van der Waals surface area contributed by atoms with Crippen LogP contribution in [0.3, 0.4) is 0 Å². The summed E-state index contributed by atoms with van der Waals surface area (Å²) < 4.78 is 5.47. The molecule has 1 aromatic rings. The number of hydrogen-bond donors (Lipinski definition) is 1. The molecule has 1 unspecified atom stereocenters. The zero-order valence-corrected chi connectivity index (χ0v) is 10.7. The number of pyridine rings is 1. The fraction of sp³-hybridized carbons (Fsp3) is 0.500. The third kappa shape index (κ3) is 2.58. The highest BCUT2D eigenvalue weighted by Gasteiger charge is 2.37. The van der Waals surface area contributed by atoms with Crippen LogP contribution < -0.4 is 5.32 Å². The topological polar surface area (TPSA) is 51.2 Å². The molecule has 1 amide bonds. The molecule has 1 atom stereocenters. The van der Waals surface area contributed by atoms with Gasteiger partial charge in [-0.3, -0.25) is 4.79 Å². The van der Waals surface area contributed by atoms with Gasteiger partial charge in [0.25, 0.3) is 5.91 Å². The molecule has 1 aliphatic heterocycles. The van der Waals surface area contributed by atoms with E-state index in [1.54, 1.807) is 12.3 Å². The molecular weight excluding hydrogens is 240 g/mol. The van der Waals surface area contributed by atoms with Crippen LogP contribution in [0, 0.1) is 6.92 Å². The Morgan fingerprint density at radius 2 is 2.41 bits per heavy atom. The van der Waals surface area contributed by atoms with Crippen molar-refractivity contribution in [2.24, 2.45) is 0 Å². The van der Waals surface area contributed by atoms with Crippen LogP contribution in [0.4, 0.5) is 5.69 Å². The summed E-state index contributed by atoms with van der Waals surface area (Å²) in [6, 6.07) is 1.80. The van der Waals surface area contributed by atoms with Crippen LogP contribution in [0.2, 0.25) is 5.15 Å². The Hall–Kier alpha value is -1.13. The van der Waals surface area contributed by atoms with Gasteiger partial charge in [-0.1, -0.05) is 11.6 Å². The fourth-order valence-corrected chi connectivity index (χ4v) is 1.95. The molecule has 0 aromatic carbocycles. The number of nitrogens with zero attached hydrogens (tertiary/aromatic N) is 1. The van der Waals surface area contributed by atoms with Gasteiger partial charge in [0.15, 0.2) is 0 Å². The van der Waals surface area contributed by atoms with E-state index in [-0.39, 0.29) is 5.91 Å². The Morgan fingerprint density at radius 3 is 3.00 bits per heavy atom. The molecule has 2 rings (SSSR count). The number of rotatable bonds is 2. The van der Waals surface area contributed by atoms with Gasteiger partial charge < -0.3 is 10.1 Å². The summed E-state index contributed by atoms with van der Waals surface area (Å²) in [5, 5.41) is 3.26. The van der Waals surface area contributed by atoms with E-state index in [2.05, 4.69) is 10.3 Å². The summed E-state index contributed by atoms with van der Waals surface area (Å²) in [6.45, 7) is 4.30. The first kappa shape index (κ1) is 12.3. The van der Waals surface area contributed by atoms with Crippen molar-refractivity contribution in [1.82, 2.24) is 4.98 Å². The minimum absolute atomic E-state index is 0.126. The van der Waals surface area contributed by atoms with E-state index >= 15 is 0 Å². The average molecular weight is 255 g/mol. The van der Waals surface area contributed by atoms with Crippen LogP contribution >= 0.6 is 11.6 Å². The third-order valence-electron chi connectivity index (χ3n) is 2.97. The van der Waals surface area contributed by atoms with Crippen LogP contribution in [0.5, 0.6) is 0 Å². The van der Waals surface area contributed by atoms with Crippen molar-refractivity contribution in [2.75, 3.05) is 11.9 Å². The minimum Gasteiger partial charge on any atom is -0.365 e. The Morgan fingerprint density at radius 1 is 1.65 bits per heavy atom. The summed E-state index contributed by atoms with van der Waals surface area (Å²) in [5.41, 5.74) is 0.767. The van der Waals surface area contributed by atoms with E-state index < -0.39 is 5.60 Å². The number of aromatic nitrogens is 1. The Balaban J connectivity index is 2.10. The van der Waals surface area contributed by atoms with Gasteiger partial charge in [-0.05, 0) is 38.3 Å². The zero-order chi connectivity index (χ0) is 12.5. The molecule has 92 valence electrons. The summed E-state index contributed by atoms with van der Waals surface area (Å²) in [4.78, 5) is 16.0. The standard InChI is InChI=1S/C12H15ClN2O2/c1-8-6-9(7-14-10(8)13)15-11(16)12(2)4-3-5-17-12/h6-7H,3-5H2,1-2H3,(H,15,16). The average Bonchev–Trinajstić information content (AvgIpc) is 2.72. The molecule has 1 aliphatic rings. The highest BCUT2D eigenvalue weighted by atomic mass is 35.5. The number of hydrogen-bond acceptors (Lipinski definition) is 3. The molecular formula is C12H15ClN2O2. The van der Waals surface area contributed by atoms with Crippen LogP contribution in [0.25, 0.3) is 0 Å². The first-order valence-electron chi connectivity index (χ1n) is 5.59. The molecule has 0 spiro atoms. The molecule has 1 fully saturated rings. The SMILES string of the molecule is Cc1cc(NC(=O)C2(C)CCCO2)cnc1Cl. The number of carbonyl (C=O) groups is 1. The maximum Gasteiger partial charge on any atom is 0.256 e. The van der Waals surface area contributed by atoms with Gasteiger partial charge in [0.2, 0.25) is 0 Å². The van der Waals surface area contributed by atoms with E-state index in [4.69, 9.17) is 16.3 Å². The number of aryl methyl sites for hydroxylation is 1. The van der Waals surface area contributed by atoms with E-state index in [0.29, 0.717) is 17.4 Å². The highest BCUT2D eigenvalue weighted by molar-refractivity contribution is 6.30. The third-order valence-corrected chi connectivity index (χ3v) is 3.37. The summed E-state index contributed by atoms with van der Waals surface area (Å²) in [7, 11) is 0. The number of nitrogens with one attached hydrogen (secondary N) is 1. The van der Waals surface area contributed by atoms with E-state index in [0.717, 1.165) is 18.4 Å². The number of anilines is 1. The highest BCUT2D eigenvalue weighted by Crippen LogP contribution is 2.27. The summed E-state index contributed by atoms with van der Waals surface area (Å²) in [5.74, 6) is -0.126. The molecule has 4 nitrogen and oxygen atoms in total. The molecule has 0 radical (unpaired) electrons. The number of ether oxygens (including phenoxy) is 1. The van der Waals surface area contributed by atoms with Crippen molar-refractivity contribution in [2.45, 2.75) is 32.3 Å². The predicted octanol–water partition coefficient (Wildman–Crippen LogP) is 2.55. The van der Waals surface area contributed by atoms with Crippen molar-refractivity contribution in [1.29, 1.82) is 0 Å². The Labute approximate surface area is 105 Å². The first-order chi connectivity index (χ1) is 8.01. The lowest BCUT2D eigenvalue weighted by Crippen LogP contribution is -2.39. The van der Waals surface area contributed by atoms with Gasteiger partial charge in [-0.2, -0.15) is 0 Å². The monoisotopic (exact) mass is 254 g/mol. The normalized spacial score (nSPS) is 23.7. The lowest BCUT2D eigenvalue weighted by molar-refractivity contribution is -0.133. The largest absolute Gasteiger partial charge is 0.365 e. The van der Waals surface area contributed by atoms with Gasteiger partial charge in [-0.25, -0.2) is 4.98 Å². The maximum atomic E-state index is 12.0. The molecule has 0 aliphatic carbocycles. The summed E-state index contributed by atoms with van der Waals surface area (Å²) >= 11 is 5.82. The molecule has 2 heterocycles. The van der Waals surface area contributed by atoms with Gasteiger partial charge in [0.05, 0.1) is 11.9 Å². The van der Waals surface area contributed by atoms with Crippen molar-refractivity contribution in [3.63, 3.8) is 0 Å². The van der Waals surface area contributed by atoms with Gasteiger partial charge in [0, 0.05) is 6.61 Å². The molecule has 0 bridgehead atoms. The first-order valence-corrected chi connectivity index (χ1v) is 5.97. The van der Waals surface area contributed by atoms with Gasteiger partial charge >= 0.3 is 0 Å². The van der Waals surface area contributed by atoms with Crippen LogP contribution in [-0.2, 0) is 9.53 Å².